The third-order valence-electron chi connectivity index (χ3n) is 11.2. The Labute approximate surface area is 295 Å². The number of para-hydroxylation sites is 1. The SMILES string of the molecule is COc1cc(O)cc(OC)c1[C@H]1C2=CC[C@@H]3C(=O)N(c4ccccc4)C(=O)[C@@H]3[C@@H]2C[C@H]2C(=O)N(Nc3ccc(C)cc3)C(=O)[C@@]12c1ccccc1. The number of ether oxygens (including phenoxy) is 2. The molecule has 3 fully saturated rings. The second-order valence-electron chi connectivity index (χ2n) is 13.7. The Balaban J connectivity index is 1.37. The zero-order valence-corrected chi connectivity index (χ0v) is 28.4. The average molecular weight is 684 g/mol. The van der Waals surface area contributed by atoms with Crippen molar-refractivity contribution < 1.29 is 33.8 Å². The predicted octanol–water partition coefficient (Wildman–Crippen LogP) is 5.91. The number of nitrogens with one attached hydrogen (secondary N) is 1. The number of anilines is 2. The zero-order chi connectivity index (χ0) is 35.6. The van der Waals surface area contributed by atoms with Crippen molar-refractivity contribution in [3.8, 4) is 17.2 Å². The highest BCUT2D eigenvalue weighted by molar-refractivity contribution is 6.22. The van der Waals surface area contributed by atoms with Crippen LogP contribution in [0.25, 0.3) is 0 Å². The summed E-state index contributed by atoms with van der Waals surface area (Å²) in [4.78, 5) is 60.0. The molecule has 2 aliphatic carbocycles. The predicted molar refractivity (Wildman–Crippen MR) is 189 cm³/mol. The van der Waals surface area contributed by atoms with Gasteiger partial charge in [-0.3, -0.25) is 29.5 Å². The van der Waals surface area contributed by atoms with Crippen LogP contribution in [0.4, 0.5) is 11.4 Å². The Morgan fingerprint density at radius 3 is 2.04 bits per heavy atom. The van der Waals surface area contributed by atoms with Gasteiger partial charge in [-0.05, 0) is 55.5 Å². The van der Waals surface area contributed by atoms with Crippen molar-refractivity contribution in [2.24, 2.45) is 23.7 Å². The van der Waals surface area contributed by atoms with Gasteiger partial charge in [-0.15, -0.1) is 0 Å². The second kappa shape index (κ2) is 12.2. The Morgan fingerprint density at radius 2 is 1.41 bits per heavy atom. The lowest BCUT2D eigenvalue weighted by atomic mass is 9.49. The number of aromatic hydroxyl groups is 1. The fraction of sp³-hybridized carbons (Fsp3) is 0.268. The van der Waals surface area contributed by atoms with E-state index >= 15 is 4.79 Å². The van der Waals surface area contributed by atoms with Crippen LogP contribution in [0.1, 0.15) is 35.4 Å². The lowest BCUT2D eigenvalue weighted by Gasteiger charge is -2.51. The van der Waals surface area contributed by atoms with Crippen molar-refractivity contribution in [1.82, 2.24) is 5.01 Å². The van der Waals surface area contributed by atoms with Gasteiger partial charge in [0.15, 0.2) is 0 Å². The first-order chi connectivity index (χ1) is 24.7. The number of phenolic OH excluding ortho intramolecular Hbond substituents is 1. The minimum Gasteiger partial charge on any atom is -0.508 e. The first-order valence-corrected chi connectivity index (χ1v) is 17.1. The minimum absolute atomic E-state index is 0.102. The molecule has 0 bridgehead atoms. The molecule has 10 heteroatoms. The highest BCUT2D eigenvalue weighted by atomic mass is 16.5. The van der Waals surface area contributed by atoms with Crippen LogP contribution in [0.3, 0.4) is 0 Å². The maximum absolute atomic E-state index is 15.4. The first kappa shape index (κ1) is 32.3. The van der Waals surface area contributed by atoms with Crippen LogP contribution in [0, 0.1) is 30.6 Å². The van der Waals surface area contributed by atoms with Crippen LogP contribution in [0.15, 0.2) is 109 Å². The van der Waals surface area contributed by atoms with Crippen molar-refractivity contribution in [1.29, 1.82) is 0 Å². The van der Waals surface area contributed by atoms with E-state index in [0.717, 1.165) is 16.1 Å². The van der Waals surface area contributed by atoms with Gasteiger partial charge in [0.05, 0.1) is 48.8 Å². The summed E-state index contributed by atoms with van der Waals surface area (Å²) >= 11 is 0. The number of allylic oxidation sites excluding steroid dienone is 2. The number of fused-ring (bicyclic) bond motifs is 4. The third kappa shape index (κ3) is 4.69. The van der Waals surface area contributed by atoms with E-state index in [2.05, 4.69) is 5.43 Å². The number of carbonyl (C=O) groups excluding carboxylic acids is 4. The maximum atomic E-state index is 15.4. The third-order valence-corrected chi connectivity index (χ3v) is 11.2. The molecule has 4 aromatic carbocycles. The van der Waals surface area contributed by atoms with Crippen LogP contribution in [0.5, 0.6) is 17.2 Å². The number of imide groups is 2. The normalized spacial score (nSPS) is 26.7. The Morgan fingerprint density at radius 1 is 0.784 bits per heavy atom. The van der Waals surface area contributed by atoms with Crippen LogP contribution in [0.2, 0.25) is 0 Å². The van der Waals surface area contributed by atoms with E-state index < -0.39 is 46.8 Å². The zero-order valence-electron chi connectivity index (χ0n) is 28.4. The van der Waals surface area contributed by atoms with Crippen LogP contribution >= 0.6 is 0 Å². The Bertz CT molecular complexity index is 2070. The van der Waals surface area contributed by atoms with Crippen LogP contribution in [-0.2, 0) is 24.6 Å². The summed E-state index contributed by atoms with van der Waals surface area (Å²) < 4.78 is 11.8. The molecule has 0 unspecified atom stereocenters. The molecule has 2 aliphatic heterocycles. The van der Waals surface area contributed by atoms with Gasteiger partial charge in [0.1, 0.15) is 17.2 Å². The van der Waals surface area contributed by atoms with E-state index in [1.165, 1.54) is 31.3 Å². The van der Waals surface area contributed by atoms with E-state index in [9.17, 15) is 19.5 Å². The lowest BCUT2D eigenvalue weighted by molar-refractivity contribution is -0.138. The number of carbonyl (C=O) groups is 4. The Kier molecular flexibility index (Phi) is 7.70. The van der Waals surface area contributed by atoms with Crippen molar-refractivity contribution in [2.75, 3.05) is 24.5 Å². The fourth-order valence-electron chi connectivity index (χ4n) is 9.10. The van der Waals surface area contributed by atoms with Crippen molar-refractivity contribution in [3.63, 3.8) is 0 Å². The molecule has 4 aliphatic rings. The van der Waals surface area contributed by atoms with Gasteiger partial charge in [-0.2, -0.15) is 5.01 Å². The quantitative estimate of drug-likeness (QED) is 0.182. The number of nitrogens with zero attached hydrogens (tertiary/aromatic N) is 2. The van der Waals surface area contributed by atoms with Crippen molar-refractivity contribution >= 4 is 35.0 Å². The molecule has 4 aromatic rings. The second-order valence-corrected chi connectivity index (χ2v) is 13.7. The number of amides is 4. The number of methoxy groups -OCH3 is 2. The largest absolute Gasteiger partial charge is 0.508 e. The summed E-state index contributed by atoms with van der Waals surface area (Å²) in [6.45, 7) is 1.95. The van der Waals surface area contributed by atoms with E-state index in [1.807, 2.05) is 73.7 Å². The van der Waals surface area contributed by atoms with E-state index in [-0.39, 0.29) is 41.9 Å². The van der Waals surface area contributed by atoms with E-state index in [4.69, 9.17) is 9.47 Å². The minimum atomic E-state index is -1.52. The number of phenols is 1. The molecule has 0 radical (unpaired) electrons. The van der Waals surface area contributed by atoms with Crippen molar-refractivity contribution in [3.05, 3.63) is 125 Å². The molecule has 1 saturated carbocycles. The van der Waals surface area contributed by atoms with Gasteiger partial charge in [-0.1, -0.05) is 77.9 Å². The molecule has 10 nitrogen and oxygen atoms in total. The monoisotopic (exact) mass is 683 g/mol. The van der Waals surface area contributed by atoms with Gasteiger partial charge in [0, 0.05) is 23.6 Å². The molecule has 51 heavy (non-hydrogen) atoms. The highest BCUT2D eigenvalue weighted by Crippen LogP contribution is 2.66. The fourth-order valence-corrected chi connectivity index (χ4v) is 9.10. The molecule has 0 spiro atoms. The Hall–Kier alpha value is -5.90. The molecule has 258 valence electrons. The van der Waals surface area contributed by atoms with Gasteiger partial charge in [-0.25, -0.2) is 0 Å². The molecule has 2 saturated heterocycles. The molecule has 4 amide bonds. The summed E-state index contributed by atoms with van der Waals surface area (Å²) in [7, 11) is 2.94. The summed E-state index contributed by atoms with van der Waals surface area (Å²) in [5, 5.41) is 11.8. The van der Waals surface area contributed by atoms with E-state index in [1.54, 1.807) is 24.3 Å². The smallest absolute Gasteiger partial charge is 0.260 e. The highest BCUT2D eigenvalue weighted by Gasteiger charge is 2.71. The van der Waals surface area contributed by atoms with Crippen molar-refractivity contribution in [2.45, 2.75) is 31.1 Å². The van der Waals surface area contributed by atoms with E-state index in [0.29, 0.717) is 22.5 Å². The number of hydrazine groups is 1. The molecular formula is C41H37N3O7. The summed E-state index contributed by atoms with van der Waals surface area (Å²) in [6.07, 6.45) is 2.41. The molecule has 2 heterocycles. The molecule has 2 N–H and O–H groups in total. The van der Waals surface area contributed by atoms with Gasteiger partial charge >= 0.3 is 0 Å². The molecular weight excluding hydrogens is 646 g/mol. The molecule has 8 rings (SSSR count). The average Bonchev–Trinajstić information content (AvgIpc) is 3.53. The summed E-state index contributed by atoms with van der Waals surface area (Å²) in [6, 6.07) is 28.5. The number of aryl methyl sites for hydroxylation is 1. The van der Waals surface area contributed by atoms with Gasteiger partial charge < -0.3 is 14.6 Å². The number of hydrogen-bond acceptors (Lipinski definition) is 8. The van der Waals surface area contributed by atoms with Gasteiger partial charge in [0.2, 0.25) is 11.8 Å². The summed E-state index contributed by atoms with van der Waals surface area (Å²) in [5.41, 5.74) is 5.51. The standard InChI is InChI=1S/C41H37N3O7/c1-23-14-16-25(17-15-23)42-44-38(47)31-22-30-28(18-19-29-34(30)39(48)43(37(29)46)26-12-8-5-9-13-26)36(35-32(50-2)20-27(45)21-33(35)51-3)41(31,40(44)49)24-10-6-4-7-11-24/h4-18,20-21,29-31,34,36,42,45H,19,22H2,1-3H3/t29-,30+,31-,34-,36+,41+/m0/s1. The number of hydrogen-bond donors (Lipinski definition) is 2. The van der Waals surface area contributed by atoms with Crippen LogP contribution < -0.4 is 19.8 Å². The molecule has 6 atom stereocenters. The lowest BCUT2D eigenvalue weighted by Crippen LogP contribution is -2.53. The topological polar surface area (TPSA) is 125 Å². The number of rotatable bonds is 7. The van der Waals surface area contributed by atoms with Gasteiger partial charge in [0.25, 0.3) is 11.8 Å². The first-order valence-electron chi connectivity index (χ1n) is 17.1. The molecule has 0 aromatic heterocycles. The summed E-state index contributed by atoms with van der Waals surface area (Å²) in [5.74, 6) is -4.88. The van der Waals surface area contributed by atoms with Crippen LogP contribution in [-0.4, -0.2) is 48.0 Å². The number of benzene rings is 4. The maximum Gasteiger partial charge on any atom is 0.260 e.